The van der Waals surface area contributed by atoms with Crippen LogP contribution in [0.15, 0.2) is 110 Å². The third-order valence-electron chi connectivity index (χ3n) is 5.09. The van der Waals surface area contributed by atoms with Crippen LogP contribution in [0.2, 0.25) is 0 Å². The van der Waals surface area contributed by atoms with Crippen molar-refractivity contribution in [1.29, 1.82) is 0 Å². The Morgan fingerprint density at radius 2 is 1.39 bits per heavy atom. The topological polar surface area (TPSA) is 44.1 Å². The van der Waals surface area contributed by atoms with E-state index in [-0.39, 0.29) is 6.10 Å². The average molecular weight is 429 g/mol. The van der Waals surface area contributed by atoms with E-state index in [4.69, 9.17) is 4.74 Å². The van der Waals surface area contributed by atoms with Gasteiger partial charge in [-0.3, -0.25) is 0 Å². The predicted molar refractivity (Wildman–Crippen MR) is 125 cm³/mol. The fraction of sp³-hybridized carbons (Fsp3) is 0.154. The van der Waals surface area contributed by atoms with E-state index in [1.54, 1.807) is 24.2 Å². The minimum absolute atomic E-state index is 0.282. The summed E-state index contributed by atoms with van der Waals surface area (Å²) in [6, 6.07) is 31.5. The number of hydrogen-bond acceptors (Lipinski definition) is 4. The zero-order valence-corrected chi connectivity index (χ0v) is 18.1. The number of thioether (sulfide) groups is 1. The summed E-state index contributed by atoms with van der Waals surface area (Å²) < 4.78 is 6.58. The Morgan fingerprint density at radius 3 is 1.81 bits per heavy atom. The molecular weight excluding hydrogens is 404 g/mol. The van der Waals surface area contributed by atoms with Gasteiger partial charge in [-0.05, 0) is 23.6 Å². The summed E-state index contributed by atoms with van der Waals surface area (Å²) in [7, 11) is 0. The van der Waals surface area contributed by atoms with Gasteiger partial charge in [0.1, 0.15) is 12.4 Å². The summed E-state index contributed by atoms with van der Waals surface area (Å²) in [4.78, 5) is 16.3. The molecule has 0 amide bonds. The van der Waals surface area contributed by atoms with E-state index in [2.05, 4.69) is 77.8 Å². The lowest BCUT2D eigenvalue weighted by atomic mass is 9.84. The zero-order valence-electron chi connectivity index (χ0n) is 17.3. The minimum atomic E-state index is -0.431. The highest BCUT2D eigenvalue weighted by atomic mass is 32.2. The zero-order chi connectivity index (χ0) is 21.5. The Labute approximate surface area is 186 Å². The van der Waals surface area contributed by atoms with Crippen LogP contribution in [0.1, 0.15) is 23.6 Å². The van der Waals surface area contributed by atoms with Crippen molar-refractivity contribution < 1.29 is 9.53 Å². The molecule has 0 aliphatic rings. The van der Waals surface area contributed by atoms with Crippen molar-refractivity contribution in [2.75, 3.05) is 5.75 Å². The van der Waals surface area contributed by atoms with E-state index in [0.29, 0.717) is 5.75 Å². The third kappa shape index (κ3) is 4.57. The van der Waals surface area contributed by atoms with E-state index in [0.717, 1.165) is 0 Å². The van der Waals surface area contributed by atoms with Crippen LogP contribution < -0.4 is 0 Å². The van der Waals surface area contributed by atoms with Crippen molar-refractivity contribution >= 4 is 17.9 Å². The first-order valence-corrected chi connectivity index (χ1v) is 11.2. The molecule has 5 heteroatoms. The normalized spacial score (nSPS) is 12.3. The summed E-state index contributed by atoms with van der Waals surface area (Å²) in [6.07, 6.45) is 3.89. The molecule has 4 rings (SSSR count). The fourth-order valence-corrected chi connectivity index (χ4v) is 5.11. The van der Waals surface area contributed by atoms with Crippen molar-refractivity contribution in [3.8, 4) is 0 Å². The number of imidazole rings is 1. The Morgan fingerprint density at radius 1 is 0.903 bits per heavy atom. The second-order valence-electron chi connectivity index (χ2n) is 7.25. The molecule has 0 N–H and O–H groups in total. The van der Waals surface area contributed by atoms with Gasteiger partial charge in [-0.15, -0.1) is 11.8 Å². The highest BCUT2D eigenvalue weighted by Crippen LogP contribution is 2.48. The van der Waals surface area contributed by atoms with Crippen LogP contribution in [0.25, 0.3) is 0 Å². The molecular formula is C26H24N2O2S. The van der Waals surface area contributed by atoms with E-state index in [9.17, 15) is 4.79 Å². The molecule has 0 fully saturated rings. The lowest BCUT2D eigenvalue weighted by Crippen LogP contribution is -2.29. The number of carbonyl (C=O) groups is 1. The highest BCUT2D eigenvalue weighted by Gasteiger charge is 2.37. The van der Waals surface area contributed by atoms with Gasteiger partial charge in [0.05, 0.1) is 4.75 Å². The van der Waals surface area contributed by atoms with Gasteiger partial charge < -0.3 is 4.74 Å². The van der Waals surface area contributed by atoms with Gasteiger partial charge in [-0.1, -0.05) is 91.0 Å². The quantitative estimate of drug-likeness (QED) is 0.340. The van der Waals surface area contributed by atoms with Crippen LogP contribution in [-0.4, -0.2) is 27.5 Å². The van der Waals surface area contributed by atoms with Crippen molar-refractivity contribution in [2.45, 2.75) is 17.8 Å². The lowest BCUT2D eigenvalue weighted by Gasteiger charge is -2.36. The minimum Gasteiger partial charge on any atom is -0.445 e. The first-order valence-electron chi connectivity index (χ1n) is 10.2. The maximum absolute atomic E-state index is 12.3. The summed E-state index contributed by atoms with van der Waals surface area (Å²) >= 11 is 1.77. The van der Waals surface area contributed by atoms with Crippen molar-refractivity contribution in [3.05, 3.63) is 126 Å². The predicted octanol–water partition coefficient (Wildman–Crippen LogP) is 5.98. The van der Waals surface area contributed by atoms with Crippen molar-refractivity contribution in [3.63, 3.8) is 0 Å². The summed E-state index contributed by atoms with van der Waals surface area (Å²) in [5.74, 6) is 0.624. The number of aromatic nitrogens is 2. The summed E-state index contributed by atoms with van der Waals surface area (Å²) in [6.45, 7) is 1.92. The largest absolute Gasteiger partial charge is 0.445 e. The highest BCUT2D eigenvalue weighted by molar-refractivity contribution is 8.00. The second-order valence-corrected chi connectivity index (χ2v) is 8.49. The molecule has 31 heavy (non-hydrogen) atoms. The molecule has 0 unspecified atom stereocenters. The molecule has 4 nitrogen and oxygen atoms in total. The number of benzene rings is 3. The lowest BCUT2D eigenvalue weighted by molar-refractivity contribution is 0.119. The van der Waals surface area contributed by atoms with E-state index in [1.165, 1.54) is 27.6 Å². The van der Waals surface area contributed by atoms with Crippen LogP contribution in [-0.2, 0) is 9.48 Å². The number of hydrogen-bond donors (Lipinski definition) is 0. The van der Waals surface area contributed by atoms with Gasteiger partial charge in [0.15, 0.2) is 0 Å². The third-order valence-corrected chi connectivity index (χ3v) is 6.87. The van der Waals surface area contributed by atoms with E-state index in [1.807, 2.05) is 25.1 Å². The second kappa shape index (κ2) is 9.67. The first-order chi connectivity index (χ1) is 15.2. The SMILES string of the molecule is C[C@H](CSC(c1ccccc1)(c1ccccc1)c1ccccc1)OC(=O)n1ccnc1. The van der Waals surface area contributed by atoms with Crippen LogP contribution >= 0.6 is 11.8 Å². The maximum Gasteiger partial charge on any atom is 0.419 e. The number of nitrogens with zero attached hydrogens (tertiary/aromatic N) is 2. The molecule has 0 saturated heterocycles. The average Bonchev–Trinajstić information content (AvgIpc) is 3.37. The van der Waals surface area contributed by atoms with Crippen molar-refractivity contribution in [1.82, 2.24) is 9.55 Å². The maximum atomic E-state index is 12.3. The molecule has 0 saturated carbocycles. The van der Waals surface area contributed by atoms with Gasteiger partial charge in [0.2, 0.25) is 0 Å². The van der Waals surface area contributed by atoms with Gasteiger partial charge in [0.25, 0.3) is 0 Å². The molecule has 1 atom stereocenters. The van der Waals surface area contributed by atoms with E-state index < -0.39 is 10.8 Å². The fourth-order valence-electron chi connectivity index (χ4n) is 3.65. The van der Waals surface area contributed by atoms with Gasteiger partial charge in [-0.25, -0.2) is 14.3 Å². The Bertz CT molecular complexity index is 988. The van der Waals surface area contributed by atoms with Crippen LogP contribution in [0.3, 0.4) is 0 Å². The molecule has 156 valence electrons. The molecule has 0 bridgehead atoms. The molecule has 0 aliphatic carbocycles. The molecule has 3 aromatic carbocycles. The van der Waals surface area contributed by atoms with Gasteiger partial charge in [0, 0.05) is 18.1 Å². The number of ether oxygens (including phenoxy) is 1. The standard InChI is InChI=1S/C26H24N2O2S/c1-21(30-25(29)28-18-17-27-20-28)19-31-26(22-11-5-2-6-12-22,23-13-7-3-8-14-23)24-15-9-4-10-16-24/h2-18,20-21H,19H2,1H3/t21-/m1/s1. The van der Waals surface area contributed by atoms with Crippen molar-refractivity contribution in [2.24, 2.45) is 0 Å². The van der Waals surface area contributed by atoms with Crippen LogP contribution in [0, 0.1) is 0 Å². The molecule has 4 aromatic rings. The molecule has 0 radical (unpaired) electrons. The van der Waals surface area contributed by atoms with Crippen LogP contribution in [0.5, 0.6) is 0 Å². The Kier molecular flexibility index (Phi) is 6.53. The van der Waals surface area contributed by atoms with Gasteiger partial charge in [-0.2, -0.15) is 0 Å². The summed E-state index contributed by atoms with van der Waals surface area (Å²) in [5, 5.41) is 0. The molecule has 0 spiro atoms. The molecule has 1 aromatic heterocycles. The number of carbonyl (C=O) groups excluding carboxylic acids is 1. The van der Waals surface area contributed by atoms with Gasteiger partial charge >= 0.3 is 6.09 Å². The smallest absolute Gasteiger partial charge is 0.419 e. The molecule has 1 heterocycles. The summed E-state index contributed by atoms with van der Waals surface area (Å²) in [5.41, 5.74) is 3.56. The molecule has 0 aliphatic heterocycles. The van der Waals surface area contributed by atoms with E-state index >= 15 is 0 Å². The monoisotopic (exact) mass is 428 g/mol. The Hall–Kier alpha value is -3.31. The Balaban J connectivity index is 1.69. The van der Waals surface area contributed by atoms with Crippen LogP contribution in [0.4, 0.5) is 4.79 Å². The first kappa shape index (κ1) is 20.9. The number of rotatable bonds is 7.